The largest absolute Gasteiger partial charge is 0.367 e. The van der Waals surface area contributed by atoms with Crippen molar-refractivity contribution in [2.45, 2.75) is 44.9 Å². The molecule has 1 unspecified atom stereocenters. The topological polar surface area (TPSA) is 93.0 Å². The van der Waals surface area contributed by atoms with E-state index in [4.69, 9.17) is 10.5 Å². The first-order chi connectivity index (χ1) is 17.1. The normalized spacial score (nSPS) is 12.1. The third-order valence-electron chi connectivity index (χ3n) is 5.94. The van der Waals surface area contributed by atoms with Crippen LogP contribution in [0.5, 0.6) is 0 Å². The van der Waals surface area contributed by atoms with E-state index in [1.54, 1.807) is 12.1 Å². The van der Waals surface area contributed by atoms with Crippen LogP contribution in [0.4, 0.5) is 4.39 Å². The lowest BCUT2D eigenvalue weighted by molar-refractivity contribution is -0.130. The van der Waals surface area contributed by atoms with Crippen molar-refractivity contribution in [2.75, 3.05) is 6.54 Å². The molecule has 0 fully saturated rings. The third kappa shape index (κ3) is 7.47. The van der Waals surface area contributed by atoms with Crippen LogP contribution in [0, 0.1) is 5.82 Å². The zero-order valence-corrected chi connectivity index (χ0v) is 19.7. The summed E-state index contributed by atoms with van der Waals surface area (Å²) in [5.74, 6) is 0.214. The Bertz CT molecular complexity index is 1190. The van der Waals surface area contributed by atoms with Crippen LogP contribution >= 0.6 is 0 Å². The van der Waals surface area contributed by atoms with Gasteiger partial charge < -0.3 is 20.8 Å². The van der Waals surface area contributed by atoms with E-state index in [1.807, 2.05) is 24.3 Å². The summed E-state index contributed by atoms with van der Waals surface area (Å²) >= 11 is 0. The fourth-order valence-corrected chi connectivity index (χ4v) is 3.96. The zero-order chi connectivity index (χ0) is 24.5. The number of H-pyrrole nitrogens is 1. The summed E-state index contributed by atoms with van der Waals surface area (Å²) in [7, 11) is 0. The second-order valence-electron chi connectivity index (χ2n) is 8.66. The highest BCUT2D eigenvalue weighted by molar-refractivity contribution is 5.78. The molecule has 4 N–H and O–H groups in total. The van der Waals surface area contributed by atoms with Gasteiger partial charge in [0.05, 0.1) is 17.6 Å². The number of ether oxygens (including phenoxy) is 1. The van der Waals surface area contributed by atoms with Crippen LogP contribution in [0.2, 0.25) is 0 Å². The molecule has 0 aliphatic heterocycles. The first-order valence-corrected chi connectivity index (χ1v) is 11.9. The van der Waals surface area contributed by atoms with Gasteiger partial charge in [-0.1, -0.05) is 48.5 Å². The minimum absolute atomic E-state index is 0.228. The van der Waals surface area contributed by atoms with Crippen LogP contribution in [0.15, 0.2) is 72.8 Å². The summed E-state index contributed by atoms with van der Waals surface area (Å²) in [6.07, 6.45) is 2.35. The molecule has 1 aromatic heterocycles. The monoisotopic (exact) mass is 474 g/mol. The lowest BCUT2D eigenvalue weighted by atomic mass is 10.0. The molecule has 1 heterocycles. The van der Waals surface area contributed by atoms with Crippen molar-refractivity contribution in [2.24, 2.45) is 5.73 Å². The first-order valence-electron chi connectivity index (χ1n) is 11.9. The Morgan fingerprint density at radius 1 is 0.971 bits per heavy atom. The van der Waals surface area contributed by atoms with Crippen LogP contribution in [-0.2, 0) is 35.5 Å². The van der Waals surface area contributed by atoms with Crippen molar-refractivity contribution in [3.05, 3.63) is 101 Å². The first kappa shape index (κ1) is 24.6. The van der Waals surface area contributed by atoms with Gasteiger partial charge in [0, 0.05) is 19.5 Å². The van der Waals surface area contributed by atoms with E-state index in [1.165, 1.54) is 23.3 Å². The molecule has 0 radical (unpaired) electrons. The molecule has 35 heavy (non-hydrogen) atoms. The maximum absolute atomic E-state index is 13.0. The van der Waals surface area contributed by atoms with Crippen LogP contribution in [0.1, 0.15) is 35.4 Å². The van der Waals surface area contributed by atoms with Crippen molar-refractivity contribution < 1.29 is 13.9 Å². The van der Waals surface area contributed by atoms with Crippen LogP contribution < -0.4 is 11.1 Å². The quantitative estimate of drug-likeness (QED) is 0.250. The molecular formula is C28H31FN4O2. The number of fused-ring (bicyclic) bond motifs is 1. The summed E-state index contributed by atoms with van der Waals surface area (Å²) in [6.45, 7) is 1.86. The number of aryl methyl sites for hydroxylation is 1. The van der Waals surface area contributed by atoms with Gasteiger partial charge in [0.1, 0.15) is 17.7 Å². The molecule has 0 aliphatic carbocycles. The molecule has 182 valence electrons. The number of imidazole rings is 1. The minimum atomic E-state index is -0.657. The molecule has 0 spiro atoms. The van der Waals surface area contributed by atoms with Gasteiger partial charge in [-0.2, -0.15) is 0 Å². The Morgan fingerprint density at radius 3 is 2.43 bits per heavy atom. The Kier molecular flexibility index (Phi) is 8.59. The minimum Gasteiger partial charge on any atom is -0.367 e. The van der Waals surface area contributed by atoms with Crippen molar-refractivity contribution in [1.82, 2.24) is 15.3 Å². The van der Waals surface area contributed by atoms with Gasteiger partial charge in [0.15, 0.2) is 0 Å². The smallest absolute Gasteiger partial charge is 0.246 e. The van der Waals surface area contributed by atoms with Crippen molar-refractivity contribution >= 4 is 16.9 Å². The molecule has 4 aromatic rings. The number of amides is 1. The SMILES string of the molecule is NC(=O)C(CCCc1ccc(CNCCc2nc3ccccc3[nH]2)cc1)OCc1ccc(F)cc1. The van der Waals surface area contributed by atoms with Gasteiger partial charge in [-0.25, -0.2) is 9.37 Å². The summed E-state index contributed by atoms with van der Waals surface area (Å²) in [4.78, 5) is 19.7. The average molecular weight is 475 g/mol. The fraction of sp³-hybridized carbons (Fsp3) is 0.286. The Balaban J connectivity index is 1.15. The van der Waals surface area contributed by atoms with E-state index >= 15 is 0 Å². The Labute approximate surface area is 204 Å². The van der Waals surface area contributed by atoms with E-state index < -0.39 is 12.0 Å². The predicted molar refractivity (Wildman–Crippen MR) is 135 cm³/mol. The number of aromatic nitrogens is 2. The summed E-state index contributed by atoms with van der Waals surface area (Å²) in [6, 6.07) is 22.6. The predicted octanol–water partition coefficient (Wildman–Crippen LogP) is 4.43. The summed E-state index contributed by atoms with van der Waals surface area (Å²) in [5.41, 5.74) is 10.8. The average Bonchev–Trinajstić information content (AvgIpc) is 3.28. The molecule has 7 heteroatoms. The maximum atomic E-state index is 13.0. The number of halogens is 1. The number of primary amides is 1. The highest BCUT2D eigenvalue weighted by atomic mass is 19.1. The summed E-state index contributed by atoms with van der Waals surface area (Å²) in [5, 5.41) is 3.47. The molecule has 1 atom stereocenters. The zero-order valence-electron chi connectivity index (χ0n) is 19.7. The van der Waals surface area contributed by atoms with Gasteiger partial charge in [0.25, 0.3) is 0 Å². The fourth-order valence-electron chi connectivity index (χ4n) is 3.96. The van der Waals surface area contributed by atoms with Crippen molar-refractivity contribution in [3.63, 3.8) is 0 Å². The van der Waals surface area contributed by atoms with Crippen LogP contribution in [0.25, 0.3) is 11.0 Å². The Hall–Kier alpha value is -3.55. The number of nitrogens with two attached hydrogens (primary N) is 1. The second-order valence-corrected chi connectivity index (χ2v) is 8.66. The molecule has 3 aromatic carbocycles. The van der Waals surface area contributed by atoms with Crippen molar-refractivity contribution in [1.29, 1.82) is 0 Å². The van der Waals surface area contributed by atoms with Crippen molar-refractivity contribution in [3.8, 4) is 0 Å². The summed E-state index contributed by atoms with van der Waals surface area (Å²) < 4.78 is 18.7. The molecule has 0 bridgehead atoms. The number of nitrogens with one attached hydrogen (secondary N) is 2. The van der Waals surface area contributed by atoms with Gasteiger partial charge in [-0.3, -0.25) is 4.79 Å². The highest BCUT2D eigenvalue weighted by Gasteiger charge is 2.15. The van der Waals surface area contributed by atoms with E-state index in [2.05, 4.69) is 39.6 Å². The third-order valence-corrected chi connectivity index (χ3v) is 5.94. The highest BCUT2D eigenvalue weighted by Crippen LogP contribution is 2.13. The lowest BCUT2D eigenvalue weighted by Crippen LogP contribution is -2.31. The van der Waals surface area contributed by atoms with E-state index in [0.717, 1.165) is 54.8 Å². The standard InChI is InChI=1S/C28H31FN4O2/c29-23-14-12-22(13-15-23)19-35-26(28(30)34)7-3-4-20-8-10-21(11-9-20)18-31-17-16-27-32-24-5-1-2-6-25(24)33-27/h1-2,5-6,8-15,26,31H,3-4,7,16-19H2,(H2,30,34)(H,32,33). The molecular weight excluding hydrogens is 443 g/mol. The van der Waals surface area contributed by atoms with E-state index in [9.17, 15) is 9.18 Å². The van der Waals surface area contributed by atoms with Crippen LogP contribution in [-0.4, -0.2) is 28.5 Å². The molecule has 1 amide bonds. The number of nitrogens with zero attached hydrogens (tertiary/aromatic N) is 1. The van der Waals surface area contributed by atoms with E-state index in [0.29, 0.717) is 6.42 Å². The van der Waals surface area contributed by atoms with Gasteiger partial charge in [0.2, 0.25) is 5.91 Å². The van der Waals surface area contributed by atoms with E-state index in [-0.39, 0.29) is 12.4 Å². The van der Waals surface area contributed by atoms with Gasteiger partial charge in [-0.05, 0) is 60.2 Å². The molecule has 0 saturated heterocycles. The van der Waals surface area contributed by atoms with Crippen LogP contribution in [0.3, 0.4) is 0 Å². The van der Waals surface area contributed by atoms with Gasteiger partial charge in [-0.15, -0.1) is 0 Å². The molecule has 4 rings (SSSR count). The molecule has 0 aliphatic rings. The number of carbonyl (C=O) groups excluding carboxylic acids is 1. The molecule has 6 nitrogen and oxygen atoms in total. The van der Waals surface area contributed by atoms with Gasteiger partial charge >= 0.3 is 0 Å². The number of hydrogen-bond donors (Lipinski definition) is 3. The number of rotatable bonds is 13. The number of hydrogen-bond acceptors (Lipinski definition) is 4. The second kappa shape index (κ2) is 12.2. The Morgan fingerprint density at radius 2 is 1.69 bits per heavy atom. The maximum Gasteiger partial charge on any atom is 0.246 e. The lowest BCUT2D eigenvalue weighted by Gasteiger charge is -2.15. The number of benzene rings is 3. The number of carbonyl (C=O) groups is 1. The number of aromatic amines is 1. The molecule has 0 saturated carbocycles. The number of para-hydroxylation sites is 2.